The molecule has 0 radical (unpaired) electrons. The summed E-state index contributed by atoms with van der Waals surface area (Å²) >= 11 is 0. The van der Waals surface area contributed by atoms with E-state index in [-0.39, 0.29) is 5.91 Å². The second kappa shape index (κ2) is 5.48. The van der Waals surface area contributed by atoms with Gasteiger partial charge in [-0.2, -0.15) is 0 Å². The van der Waals surface area contributed by atoms with E-state index in [1.807, 2.05) is 6.92 Å². The highest BCUT2D eigenvalue weighted by atomic mass is 16.5. The number of hydrogen-bond acceptors (Lipinski definition) is 4. The SMILES string of the molecule is CCC1(C(=O)Nc2cc(OC)ccc2OC)COC1. The number of carbonyl (C=O) groups is 1. The van der Waals surface area contributed by atoms with Gasteiger partial charge in [-0.25, -0.2) is 0 Å². The highest BCUT2D eigenvalue weighted by Gasteiger charge is 2.44. The molecule has 0 bridgehead atoms. The number of hydrogen-bond donors (Lipinski definition) is 1. The van der Waals surface area contributed by atoms with Gasteiger partial charge in [-0.05, 0) is 18.6 Å². The molecule has 5 nitrogen and oxygen atoms in total. The van der Waals surface area contributed by atoms with Gasteiger partial charge in [-0.15, -0.1) is 0 Å². The lowest BCUT2D eigenvalue weighted by molar-refractivity contribution is -0.156. The molecule has 0 spiro atoms. The zero-order valence-corrected chi connectivity index (χ0v) is 11.5. The van der Waals surface area contributed by atoms with Crippen molar-refractivity contribution in [2.45, 2.75) is 13.3 Å². The second-order valence-electron chi connectivity index (χ2n) is 4.65. The Morgan fingerprint density at radius 1 is 1.37 bits per heavy atom. The van der Waals surface area contributed by atoms with E-state index in [9.17, 15) is 4.79 Å². The van der Waals surface area contributed by atoms with Crippen LogP contribution in [0, 0.1) is 5.41 Å². The summed E-state index contributed by atoms with van der Waals surface area (Å²) in [5.74, 6) is 1.25. The zero-order chi connectivity index (χ0) is 13.9. The highest BCUT2D eigenvalue weighted by molar-refractivity contribution is 5.97. The maximum atomic E-state index is 12.3. The minimum atomic E-state index is -0.409. The lowest BCUT2D eigenvalue weighted by atomic mass is 9.82. The molecule has 0 aromatic heterocycles. The van der Waals surface area contributed by atoms with Crippen molar-refractivity contribution in [1.29, 1.82) is 0 Å². The zero-order valence-electron chi connectivity index (χ0n) is 11.5. The Balaban J connectivity index is 2.19. The van der Waals surface area contributed by atoms with Gasteiger partial charge >= 0.3 is 0 Å². The Kier molecular flexibility index (Phi) is 3.95. The fourth-order valence-electron chi connectivity index (χ4n) is 2.01. The molecule has 1 aromatic carbocycles. The van der Waals surface area contributed by atoms with Crippen LogP contribution in [0.2, 0.25) is 0 Å². The van der Waals surface area contributed by atoms with Crippen LogP contribution in [0.1, 0.15) is 13.3 Å². The van der Waals surface area contributed by atoms with Gasteiger partial charge in [0, 0.05) is 6.07 Å². The summed E-state index contributed by atoms with van der Waals surface area (Å²) in [5.41, 5.74) is 0.209. The van der Waals surface area contributed by atoms with E-state index in [0.29, 0.717) is 30.4 Å². The van der Waals surface area contributed by atoms with E-state index in [2.05, 4.69) is 5.32 Å². The average molecular weight is 265 g/mol. The molecule has 0 unspecified atom stereocenters. The Labute approximate surface area is 112 Å². The molecule has 1 fully saturated rings. The third kappa shape index (κ3) is 2.51. The number of methoxy groups -OCH3 is 2. The number of nitrogens with one attached hydrogen (secondary N) is 1. The van der Waals surface area contributed by atoms with Crippen LogP contribution in [0.25, 0.3) is 0 Å². The number of ether oxygens (including phenoxy) is 3. The summed E-state index contributed by atoms with van der Waals surface area (Å²) in [5, 5.41) is 2.91. The molecule has 104 valence electrons. The standard InChI is InChI=1S/C14H19NO4/c1-4-14(8-19-9-14)13(16)15-11-7-10(17-2)5-6-12(11)18-3/h5-7H,4,8-9H2,1-3H3,(H,15,16). The van der Waals surface area contributed by atoms with Gasteiger partial charge in [0.2, 0.25) is 5.91 Å². The van der Waals surface area contributed by atoms with Crippen molar-refractivity contribution in [3.63, 3.8) is 0 Å². The van der Waals surface area contributed by atoms with Crippen molar-refractivity contribution < 1.29 is 19.0 Å². The normalized spacial score (nSPS) is 16.4. The maximum absolute atomic E-state index is 12.3. The predicted molar refractivity (Wildman–Crippen MR) is 71.7 cm³/mol. The van der Waals surface area contributed by atoms with E-state index < -0.39 is 5.41 Å². The van der Waals surface area contributed by atoms with Crippen LogP contribution in [0.15, 0.2) is 18.2 Å². The van der Waals surface area contributed by atoms with Crippen molar-refractivity contribution in [3.8, 4) is 11.5 Å². The van der Waals surface area contributed by atoms with Crippen molar-refractivity contribution in [3.05, 3.63) is 18.2 Å². The summed E-state index contributed by atoms with van der Waals surface area (Å²) in [6, 6.07) is 5.31. The molecule has 1 aliphatic heterocycles. The Morgan fingerprint density at radius 3 is 2.58 bits per heavy atom. The smallest absolute Gasteiger partial charge is 0.235 e. The number of benzene rings is 1. The van der Waals surface area contributed by atoms with Crippen LogP contribution in [0.5, 0.6) is 11.5 Å². The van der Waals surface area contributed by atoms with E-state index in [4.69, 9.17) is 14.2 Å². The van der Waals surface area contributed by atoms with Crippen LogP contribution < -0.4 is 14.8 Å². The van der Waals surface area contributed by atoms with Crippen molar-refractivity contribution >= 4 is 11.6 Å². The van der Waals surface area contributed by atoms with Crippen LogP contribution >= 0.6 is 0 Å². The molecule has 1 aliphatic rings. The topological polar surface area (TPSA) is 56.8 Å². The van der Waals surface area contributed by atoms with Gasteiger partial charge in [0.05, 0.1) is 38.5 Å². The van der Waals surface area contributed by atoms with E-state index in [0.717, 1.165) is 6.42 Å². The molecule has 2 rings (SSSR count). The van der Waals surface area contributed by atoms with Gasteiger partial charge in [-0.3, -0.25) is 4.79 Å². The minimum Gasteiger partial charge on any atom is -0.497 e. The molecule has 1 amide bonds. The first-order valence-corrected chi connectivity index (χ1v) is 6.26. The van der Waals surface area contributed by atoms with Crippen LogP contribution in [-0.2, 0) is 9.53 Å². The first-order chi connectivity index (χ1) is 9.15. The molecular weight excluding hydrogens is 246 g/mol. The molecule has 1 heterocycles. The monoisotopic (exact) mass is 265 g/mol. The Bertz CT molecular complexity index is 463. The van der Waals surface area contributed by atoms with Crippen molar-refractivity contribution in [2.24, 2.45) is 5.41 Å². The third-order valence-corrected chi connectivity index (χ3v) is 3.57. The average Bonchev–Trinajstić information content (AvgIpc) is 2.38. The molecule has 1 aromatic rings. The van der Waals surface area contributed by atoms with Gasteiger partial charge in [0.25, 0.3) is 0 Å². The fourth-order valence-corrected chi connectivity index (χ4v) is 2.01. The maximum Gasteiger partial charge on any atom is 0.235 e. The van der Waals surface area contributed by atoms with Gasteiger partial charge in [-0.1, -0.05) is 6.92 Å². The number of rotatable bonds is 5. The summed E-state index contributed by atoms with van der Waals surface area (Å²) in [4.78, 5) is 12.3. The van der Waals surface area contributed by atoms with E-state index in [1.165, 1.54) is 0 Å². The minimum absolute atomic E-state index is 0.0344. The number of carbonyl (C=O) groups excluding carboxylic acids is 1. The largest absolute Gasteiger partial charge is 0.497 e. The van der Waals surface area contributed by atoms with Gasteiger partial charge in [0.15, 0.2) is 0 Å². The number of amides is 1. The van der Waals surface area contributed by atoms with Crippen LogP contribution in [0.3, 0.4) is 0 Å². The molecule has 19 heavy (non-hydrogen) atoms. The van der Waals surface area contributed by atoms with Gasteiger partial charge < -0.3 is 19.5 Å². The van der Waals surface area contributed by atoms with Crippen LogP contribution in [-0.4, -0.2) is 33.3 Å². The van der Waals surface area contributed by atoms with Crippen LogP contribution in [0.4, 0.5) is 5.69 Å². The summed E-state index contributed by atoms with van der Waals surface area (Å²) < 4.78 is 15.6. The van der Waals surface area contributed by atoms with E-state index >= 15 is 0 Å². The first kappa shape index (κ1) is 13.7. The molecule has 0 saturated carbocycles. The summed E-state index contributed by atoms with van der Waals surface area (Å²) in [7, 11) is 3.15. The Morgan fingerprint density at radius 2 is 2.11 bits per heavy atom. The van der Waals surface area contributed by atoms with E-state index in [1.54, 1.807) is 32.4 Å². The lowest BCUT2D eigenvalue weighted by Crippen LogP contribution is -2.51. The lowest BCUT2D eigenvalue weighted by Gasteiger charge is -2.39. The molecule has 0 aliphatic carbocycles. The fraction of sp³-hybridized carbons (Fsp3) is 0.500. The molecular formula is C14H19NO4. The summed E-state index contributed by atoms with van der Waals surface area (Å²) in [6.45, 7) is 2.94. The summed E-state index contributed by atoms with van der Waals surface area (Å²) in [6.07, 6.45) is 0.755. The quantitative estimate of drug-likeness (QED) is 0.885. The molecule has 5 heteroatoms. The first-order valence-electron chi connectivity index (χ1n) is 6.26. The Hall–Kier alpha value is -1.75. The highest BCUT2D eigenvalue weighted by Crippen LogP contribution is 2.35. The molecule has 1 saturated heterocycles. The predicted octanol–water partition coefficient (Wildman–Crippen LogP) is 2.07. The van der Waals surface area contributed by atoms with Gasteiger partial charge in [0.1, 0.15) is 11.5 Å². The molecule has 0 atom stereocenters. The second-order valence-corrected chi connectivity index (χ2v) is 4.65. The third-order valence-electron chi connectivity index (χ3n) is 3.57. The number of anilines is 1. The molecule has 1 N–H and O–H groups in total. The van der Waals surface area contributed by atoms with Crippen molar-refractivity contribution in [2.75, 3.05) is 32.8 Å². The van der Waals surface area contributed by atoms with Crippen molar-refractivity contribution in [1.82, 2.24) is 0 Å².